The van der Waals surface area contributed by atoms with Crippen LogP contribution < -0.4 is 5.32 Å². The normalized spacial score (nSPS) is 21.7. The number of carbonyl (C=O) groups is 2. The molecule has 2 aliphatic rings. The monoisotopic (exact) mass is 297 g/mol. The van der Waals surface area contributed by atoms with Crippen LogP contribution >= 0.6 is 0 Å². The van der Waals surface area contributed by atoms with Gasteiger partial charge in [0.2, 0.25) is 0 Å². The SMILES string of the molecule is CCCN(C(=O)N1CC(C(C)C(=O)O)C1)C1CCNCC1. The smallest absolute Gasteiger partial charge is 0.320 e. The van der Waals surface area contributed by atoms with E-state index in [1.165, 1.54) is 0 Å². The molecular weight excluding hydrogens is 270 g/mol. The van der Waals surface area contributed by atoms with Gasteiger partial charge in [-0.2, -0.15) is 0 Å². The summed E-state index contributed by atoms with van der Waals surface area (Å²) in [6.07, 6.45) is 2.97. The maximum absolute atomic E-state index is 12.6. The van der Waals surface area contributed by atoms with Crippen LogP contribution in [0, 0.1) is 11.8 Å². The molecule has 1 atom stereocenters. The lowest BCUT2D eigenvalue weighted by Crippen LogP contribution is -2.59. The number of nitrogens with one attached hydrogen (secondary N) is 1. The number of hydrogen-bond donors (Lipinski definition) is 2. The van der Waals surface area contributed by atoms with Crippen LogP contribution in [0.4, 0.5) is 4.79 Å². The number of hydrogen-bond acceptors (Lipinski definition) is 3. The highest BCUT2D eigenvalue weighted by Crippen LogP contribution is 2.26. The maximum atomic E-state index is 12.6. The lowest BCUT2D eigenvalue weighted by Gasteiger charge is -2.45. The van der Waals surface area contributed by atoms with Crippen molar-refractivity contribution >= 4 is 12.0 Å². The Balaban J connectivity index is 1.89. The van der Waals surface area contributed by atoms with E-state index in [1.54, 1.807) is 6.92 Å². The first-order valence-corrected chi connectivity index (χ1v) is 8.03. The number of aliphatic carboxylic acids is 1. The molecular formula is C15H27N3O3. The molecule has 0 aromatic carbocycles. The highest BCUT2D eigenvalue weighted by atomic mass is 16.4. The second kappa shape index (κ2) is 7.11. The molecule has 2 saturated heterocycles. The predicted molar refractivity (Wildman–Crippen MR) is 80.1 cm³/mol. The van der Waals surface area contributed by atoms with Crippen molar-refractivity contribution in [2.45, 2.75) is 39.2 Å². The number of rotatable bonds is 5. The minimum Gasteiger partial charge on any atom is -0.481 e. The van der Waals surface area contributed by atoms with Gasteiger partial charge in [0.1, 0.15) is 0 Å². The zero-order valence-corrected chi connectivity index (χ0v) is 13.0. The molecule has 6 nitrogen and oxygen atoms in total. The van der Waals surface area contributed by atoms with Crippen molar-refractivity contribution in [3.63, 3.8) is 0 Å². The Morgan fingerprint density at radius 1 is 1.33 bits per heavy atom. The van der Waals surface area contributed by atoms with Crippen LogP contribution in [0.5, 0.6) is 0 Å². The zero-order valence-electron chi connectivity index (χ0n) is 13.0. The van der Waals surface area contributed by atoms with Crippen molar-refractivity contribution in [2.75, 3.05) is 32.7 Å². The van der Waals surface area contributed by atoms with E-state index in [1.807, 2.05) is 9.80 Å². The summed E-state index contributed by atoms with van der Waals surface area (Å²) in [6.45, 7) is 7.71. The van der Waals surface area contributed by atoms with Gasteiger partial charge in [-0.15, -0.1) is 0 Å². The molecule has 0 saturated carbocycles. The molecule has 2 rings (SSSR count). The van der Waals surface area contributed by atoms with Gasteiger partial charge in [-0.25, -0.2) is 4.79 Å². The molecule has 2 heterocycles. The lowest BCUT2D eigenvalue weighted by molar-refractivity contribution is -0.145. The zero-order chi connectivity index (χ0) is 15.4. The Kier molecular flexibility index (Phi) is 5.45. The maximum Gasteiger partial charge on any atom is 0.320 e. The minimum absolute atomic E-state index is 0.0950. The van der Waals surface area contributed by atoms with E-state index in [9.17, 15) is 9.59 Å². The van der Waals surface area contributed by atoms with Gasteiger partial charge in [-0.3, -0.25) is 4.79 Å². The number of likely N-dealkylation sites (tertiary alicyclic amines) is 1. The summed E-state index contributed by atoms with van der Waals surface area (Å²) in [6, 6.07) is 0.423. The van der Waals surface area contributed by atoms with E-state index in [2.05, 4.69) is 12.2 Å². The van der Waals surface area contributed by atoms with E-state index in [0.717, 1.165) is 38.9 Å². The fourth-order valence-corrected chi connectivity index (χ4v) is 3.16. The molecule has 6 heteroatoms. The third-order valence-electron chi connectivity index (χ3n) is 4.74. The summed E-state index contributed by atoms with van der Waals surface area (Å²) in [5, 5.41) is 12.3. The van der Waals surface area contributed by atoms with Crippen LogP contribution in [0.3, 0.4) is 0 Å². The van der Waals surface area contributed by atoms with Gasteiger partial charge in [0, 0.05) is 31.6 Å². The Hall–Kier alpha value is -1.30. The Labute approximate surface area is 126 Å². The Morgan fingerprint density at radius 2 is 1.95 bits per heavy atom. The minimum atomic E-state index is -0.768. The van der Waals surface area contributed by atoms with Crippen molar-refractivity contribution in [3.05, 3.63) is 0 Å². The molecule has 21 heavy (non-hydrogen) atoms. The van der Waals surface area contributed by atoms with Gasteiger partial charge in [-0.1, -0.05) is 13.8 Å². The van der Waals surface area contributed by atoms with Gasteiger partial charge < -0.3 is 20.2 Å². The van der Waals surface area contributed by atoms with Crippen molar-refractivity contribution < 1.29 is 14.7 Å². The lowest BCUT2D eigenvalue weighted by atomic mass is 9.87. The number of piperidine rings is 1. The molecule has 0 aromatic rings. The van der Waals surface area contributed by atoms with Crippen LogP contribution in [0.25, 0.3) is 0 Å². The number of carboxylic acid groups (broad SMARTS) is 1. The molecule has 0 bridgehead atoms. The highest BCUT2D eigenvalue weighted by molar-refractivity contribution is 5.76. The predicted octanol–water partition coefficient (Wildman–Crippen LogP) is 1.22. The largest absolute Gasteiger partial charge is 0.481 e. The topological polar surface area (TPSA) is 72.9 Å². The fraction of sp³-hybridized carbons (Fsp3) is 0.867. The summed E-state index contributed by atoms with van der Waals surface area (Å²) in [4.78, 5) is 27.4. The number of urea groups is 1. The summed E-state index contributed by atoms with van der Waals surface area (Å²) in [5.41, 5.74) is 0. The van der Waals surface area contributed by atoms with Crippen molar-refractivity contribution in [2.24, 2.45) is 11.8 Å². The van der Waals surface area contributed by atoms with Gasteiger partial charge in [0.15, 0.2) is 0 Å². The van der Waals surface area contributed by atoms with E-state index in [-0.39, 0.29) is 17.9 Å². The second-order valence-corrected chi connectivity index (χ2v) is 6.25. The molecule has 2 aliphatic heterocycles. The highest BCUT2D eigenvalue weighted by Gasteiger charge is 2.39. The molecule has 0 radical (unpaired) electrons. The van der Waals surface area contributed by atoms with Crippen LogP contribution in [0.1, 0.15) is 33.1 Å². The number of amides is 2. The average Bonchev–Trinajstić information content (AvgIpc) is 2.43. The van der Waals surface area contributed by atoms with E-state index < -0.39 is 5.97 Å². The number of carbonyl (C=O) groups excluding carboxylic acids is 1. The summed E-state index contributed by atoms with van der Waals surface area (Å²) < 4.78 is 0. The number of nitrogens with zero attached hydrogens (tertiary/aromatic N) is 2. The molecule has 2 fully saturated rings. The van der Waals surface area contributed by atoms with Crippen molar-refractivity contribution in [1.82, 2.24) is 15.1 Å². The first-order chi connectivity index (χ1) is 10.0. The number of carboxylic acids is 1. The summed E-state index contributed by atoms with van der Waals surface area (Å²) in [5.74, 6) is -1.04. The summed E-state index contributed by atoms with van der Waals surface area (Å²) >= 11 is 0. The Bertz CT molecular complexity index is 376. The first kappa shape index (κ1) is 16.1. The van der Waals surface area contributed by atoms with Crippen molar-refractivity contribution in [3.8, 4) is 0 Å². The van der Waals surface area contributed by atoms with E-state index in [0.29, 0.717) is 19.1 Å². The quantitative estimate of drug-likeness (QED) is 0.800. The molecule has 0 spiro atoms. The third-order valence-corrected chi connectivity index (χ3v) is 4.74. The second-order valence-electron chi connectivity index (χ2n) is 6.25. The first-order valence-electron chi connectivity index (χ1n) is 8.03. The molecule has 0 aromatic heterocycles. The van der Waals surface area contributed by atoms with Gasteiger partial charge in [-0.05, 0) is 32.4 Å². The van der Waals surface area contributed by atoms with E-state index in [4.69, 9.17) is 5.11 Å². The van der Waals surface area contributed by atoms with Crippen LogP contribution in [-0.4, -0.2) is 65.7 Å². The molecule has 2 amide bonds. The molecule has 0 aliphatic carbocycles. The Morgan fingerprint density at radius 3 is 2.48 bits per heavy atom. The molecule has 120 valence electrons. The van der Waals surface area contributed by atoms with Gasteiger partial charge >= 0.3 is 12.0 Å². The van der Waals surface area contributed by atoms with Crippen LogP contribution in [0.15, 0.2) is 0 Å². The van der Waals surface area contributed by atoms with Crippen LogP contribution in [0.2, 0.25) is 0 Å². The van der Waals surface area contributed by atoms with Crippen LogP contribution in [-0.2, 0) is 4.79 Å². The molecule has 2 N–H and O–H groups in total. The third kappa shape index (κ3) is 3.67. The van der Waals surface area contributed by atoms with Crippen molar-refractivity contribution in [1.29, 1.82) is 0 Å². The molecule has 1 unspecified atom stereocenters. The van der Waals surface area contributed by atoms with Gasteiger partial charge in [0.05, 0.1) is 5.92 Å². The fourth-order valence-electron chi connectivity index (χ4n) is 3.16. The van der Waals surface area contributed by atoms with E-state index >= 15 is 0 Å². The summed E-state index contributed by atoms with van der Waals surface area (Å²) in [7, 11) is 0. The van der Waals surface area contributed by atoms with Gasteiger partial charge in [0.25, 0.3) is 0 Å². The average molecular weight is 297 g/mol. The standard InChI is InChI=1S/C15H27N3O3/c1-3-8-18(13-4-6-16-7-5-13)15(21)17-9-12(10-17)11(2)14(19)20/h11-13,16H,3-10H2,1-2H3,(H,19,20).